The number of para-hydroxylation sites is 2. The van der Waals surface area contributed by atoms with E-state index in [1.54, 1.807) is 6.21 Å². The summed E-state index contributed by atoms with van der Waals surface area (Å²) in [7, 11) is 0. The van der Waals surface area contributed by atoms with Gasteiger partial charge in [-0.05, 0) is 25.5 Å². The topological polar surface area (TPSA) is 59.3 Å². The number of hydrogen-bond acceptors (Lipinski definition) is 3. The molecule has 0 aliphatic rings. The molecule has 0 bridgehead atoms. The molecule has 0 saturated heterocycles. The molecule has 0 spiro atoms. The van der Waals surface area contributed by atoms with Crippen LogP contribution in [0.1, 0.15) is 58.2 Å². The Morgan fingerprint density at radius 2 is 2.00 bits per heavy atom. The van der Waals surface area contributed by atoms with Crippen LogP contribution in [-0.2, 0) is 11.3 Å². The first-order valence-electron chi connectivity index (χ1n) is 8.53. The highest BCUT2D eigenvalue weighted by Gasteiger charge is 2.06. The average Bonchev–Trinajstić information content (AvgIpc) is 2.92. The van der Waals surface area contributed by atoms with Gasteiger partial charge in [0.15, 0.2) is 5.82 Å². The number of benzene rings is 1. The average molecular weight is 314 g/mol. The molecule has 2 aromatic rings. The number of aromatic nitrogens is 2. The molecule has 124 valence electrons. The maximum atomic E-state index is 11.7. The Labute approximate surface area is 137 Å². The molecule has 0 radical (unpaired) electrons. The van der Waals surface area contributed by atoms with E-state index < -0.39 is 0 Å². The minimum Gasteiger partial charge on any atom is -0.323 e. The van der Waals surface area contributed by atoms with Gasteiger partial charge in [0, 0.05) is 13.0 Å². The van der Waals surface area contributed by atoms with Gasteiger partial charge < -0.3 is 4.57 Å². The normalized spacial score (nSPS) is 11.4. The molecule has 0 saturated carbocycles. The van der Waals surface area contributed by atoms with E-state index in [-0.39, 0.29) is 5.91 Å². The maximum absolute atomic E-state index is 11.7. The van der Waals surface area contributed by atoms with Crippen LogP contribution < -0.4 is 5.43 Å². The van der Waals surface area contributed by atoms with Gasteiger partial charge in [-0.2, -0.15) is 5.10 Å². The quantitative estimate of drug-likeness (QED) is 0.434. The first-order chi connectivity index (χ1) is 11.3. The summed E-state index contributed by atoms with van der Waals surface area (Å²) in [6, 6.07) is 7.99. The summed E-state index contributed by atoms with van der Waals surface area (Å²) in [5.74, 6) is 0.730. The number of carbonyl (C=O) groups is 1. The molecule has 1 aromatic carbocycles. The van der Waals surface area contributed by atoms with Crippen molar-refractivity contribution in [3.63, 3.8) is 0 Å². The van der Waals surface area contributed by atoms with Gasteiger partial charge in [-0.1, -0.05) is 44.7 Å². The molecule has 0 aliphatic heterocycles. The van der Waals surface area contributed by atoms with Crippen molar-refractivity contribution >= 4 is 23.2 Å². The van der Waals surface area contributed by atoms with Gasteiger partial charge in [0.1, 0.15) is 0 Å². The summed E-state index contributed by atoms with van der Waals surface area (Å²) >= 11 is 0. The third-order valence-electron chi connectivity index (χ3n) is 3.88. The zero-order valence-corrected chi connectivity index (χ0v) is 14.1. The molecule has 2 rings (SSSR count). The highest BCUT2D eigenvalue weighted by atomic mass is 16.2. The number of imidazole rings is 1. The molecule has 0 fully saturated rings. The lowest BCUT2D eigenvalue weighted by Gasteiger charge is -2.02. The first-order valence-corrected chi connectivity index (χ1v) is 8.53. The Morgan fingerprint density at radius 1 is 1.22 bits per heavy atom. The number of carbonyl (C=O) groups excluding carboxylic acids is 1. The van der Waals surface area contributed by atoms with E-state index in [4.69, 9.17) is 0 Å². The zero-order valence-electron chi connectivity index (χ0n) is 14.1. The summed E-state index contributed by atoms with van der Waals surface area (Å²) in [5, 5.41) is 4.05. The molecular weight excluding hydrogens is 288 g/mol. The van der Waals surface area contributed by atoms with Crippen LogP contribution >= 0.6 is 0 Å². The van der Waals surface area contributed by atoms with Crippen LogP contribution in [0.3, 0.4) is 0 Å². The summed E-state index contributed by atoms with van der Waals surface area (Å²) in [5.41, 5.74) is 4.62. The number of aryl methyl sites for hydroxylation is 1. The van der Waals surface area contributed by atoms with Crippen molar-refractivity contribution in [3.8, 4) is 0 Å². The molecule has 23 heavy (non-hydrogen) atoms. The number of fused-ring (bicyclic) bond motifs is 1. The van der Waals surface area contributed by atoms with E-state index in [1.165, 1.54) is 19.3 Å². The lowest BCUT2D eigenvalue weighted by Crippen LogP contribution is -2.17. The highest BCUT2D eigenvalue weighted by Crippen LogP contribution is 2.14. The van der Waals surface area contributed by atoms with Gasteiger partial charge >= 0.3 is 0 Å². The van der Waals surface area contributed by atoms with Crippen LogP contribution in [0.15, 0.2) is 29.4 Å². The van der Waals surface area contributed by atoms with Gasteiger partial charge in [0.05, 0.1) is 17.2 Å². The van der Waals surface area contributed by atoms with Crippen molar-refractivity contribution in [3.05, 3.63) is 30.1 Å². The molecule has 1 heterocycles. The second-order valence-corrected chi connectivity index (χ2v) is 5.66. The van der Waals surface area contributed by atoms with Crippen LogP contribution in [0.2, 0.25) is 0 Å². The van der Waals surface area contributed by atoms with E-state index in [0.29, 0.717) is 6.42 Å². The number of nitrogens with zero attached hydrogens (tertiary/aromatic N) is 3. The second-order valence-electron chi connectivity index (χ2n) is 5.66. The molecule has 0 atom stereocenters. The standard InChI is InChI=1S/C18H26N4O/c1-3-5-6-7-8-13-18(23)21-19-14-17-20-15-11-9-10-12-16(15)22(17)4-2/h9-12,14H,3-8,13H2,1-2H3,(H,21,23)/b19-14-. The number of nitrogens with one attached hydrogen (secondary N) is 1. The van der Waals surface area contributed by atoms with Crippen LogP contribution in [-0.4, -0.2) is 21.7 Å². The summed E-state index contributed by atoms with van der Waals surface area (Å²) in [6.45, 7) is 5.07. The fraction of sp³-hybridized carbons (Fsp3) is 0.500. The van der Waals surface area contributed by atoms with Crippen molar-refractivity contribution < 1.29 is 4.79 Å². The van der Waals surface area contributed by atoms with Crippen molar-refractivity contribution in [2.75, 3.05) is 0 Å². The van der Waals surface area contributed by atoms with Gasteiger partial charge in [-0.25, -0.2) is 10.4 Å². The third kappa shape index (κ3) is 4.91. The van der Waals surface area contributed by atoms with E-state index >= 15 is 0 Å². The van der Waals surface area contributed by atoms with E-state index in [9.17, 15) is 4.79 Å². The minimum atomic E-state index is -0.0306. The first kappa shape index (κ1) is 17.2. The van der Waals surface area contributed by atoms with Crippen molar-refractivity contribution in [2.24, 2.45) is 5.10 Å². The van der Waals surface area contributed by atoms with Crippen LogP contribution in [0.25, 0.3) is 11.0 Å². The molecular formula is C18H26N4O. The molecule has 1 aromatic heterocycles. The summed E-state index contributed by atoms with van der Waals surface area (Å²) < 4.78 is 2.08. The van der Waals surface area contributed by atoms with Gasteiger partial charge in [-0.15, -0.1) is 0 Å². The Hall–Kier alpha value is -2.17. The molecule has 0 unspecified atom stereocenters. The van der Waals surface area contributed by atoms with E-state index in [1.807, 2.05) is 24.3 Å². The summed E-state index contributed by atoms with van der Waals surface area (Å²) in [4.78, 5) is 16.3. The fourth-order valence-corrected chi connectivity index (χ4v) is 2.63. The fourth-order valence-electron chi connectivity index (χ4n) is 2.63. The Morgan fingerprint density at radius 3 is 2.78 bits per heavy atom. The van der Waals surface area contributed by atoms with E-state index in [2.05, 4.69) is 33.9 Å². The van der Waals surface area contributed by atoms with E-state index in [0.717, 1.165) is 36.2 Å². The predicted molar refractivity (Wildman–Crippen MR) is 94.5 cm³/mol. The third-order valence-corrected chi connectivity index (χ3v) is 3.88. The highest BCUT2D eigenvalue weighted by molar-refractivity contribution is 5.86. The van der Waals surface area contributed by atoms with Gasteiger partial charge in [0.2, 0.25) is 5.91 Å². The largest absolute Gasteiger partial charge is 0.323 e. The lowest BCUT2D eigenvalue weighted by atomic mass is 10.1. The van der Waals surface area contributed by atoms with Crippen LogP contribution in [0, 0.1) is 0 Å². The smallest absolute Gasteiger partial charge is 0.240 e. The molecule has 0 aliphatic carbocycles. The van der Waals surface area contributed by atoms with Crippen molar-refractivity contribution in [1.29, 1.82) is 0 Å². The molecule has 5 nitrogen and oxygen atoms in total. The number of amides is 1. The SMILES string of the molecule is CCCCCCCC(=O)N/N=C\c1nc2ccccc2n1CC. The Kier molecular flexibility index (Phi) is 6.78. The maximum Gasteiger partial charge on any atom is 0.240 e. The zero-order chi connectivity index (χ0) is 16.5. The molecule has 1 amide bonds. The Balaban J connectivity index is 1.87. The number of rotatable bonds is 9. The lowest BCUT2D eigenvalue weighted by molar-refractivity contribution is -0.121. The van der Waals surface area contributed by atoms with Crippen LogP contribution in [0.5, 0.6) is 0 Å². The second kappa shape index (κ2) is 9.08. The minimum absolute atomic E-state index is 0.0306. The summed E-state index contributed by atoms with van der Waals surface area (Å²) in [6.07, 6.45) is 7.85. The number of hydrazone groups is 1. The van der Waals surface area contributed by atoms with Crippen molar-refractivity contribution in [1.82, 2.24) is 15.0 Å². The number of hydrogen-bond donors (Lipinski definition) is 1. The number of unbranched alkanes of at least 4 members (excludes halogenated alkanes) is 4. The van der Waals surface area contributed by atoms with Crippen molar-refractivity contribution in [2.45, 2.75) is 58.9 Å². The Bertz CT molecular complexity index is 660. The molecule has 5 heteroatoms. The molecule has 1 N–H and O–H groups in total. The van der Waals surface area contributed by atoms with Gasteiger partial charge in [-0.3, -0.25) is 4.79 Å². The predicted octanol–water partition coefficient (Wildman–Crippen LogP) is 3.87. The van der Waals surface area contributed by atoms with Gasteiger partial charge in [0.25, 0.3) is 0 Å². The van der Waals surface area contributed by atoms with Crippen LogP contribution in [0.4, 0.5) is 0 Å². The monoisotopic (exact) mass is 314 g/mol.